The van der Waals surface area contributed by atoms with E-state index >= 15 is 0 Å². The number of hydrogen-bond acceptors (Lipinski definition) is 5. The molecule has 0 radical (unpaired) electrons. The van der Waals surface area contributed by atoms with Crippen LogP contribution in [-0.4, -0.2) is 31.1 Å². The molecular weight excluding hydrogens is 360 g/mol. The summed E-state index contributed by atoms with van der Waals surface area (Å²) in [4.78, 5) is 35.3. The zero-order valence-electron chi connectivity index (χ0n) is 16.2. The quantitative estimate of drug-likeness (QED) is 0.746. The molecule has 3 amide bonds. The Bertz CT molecular complexity index is 828. The van der Waals surface area contributed by atoms with Gasteiger partial charge in [-0.15, -0.1) is 0 Å². The highest BCUT2D eigenvalue weighted by Crippen LogP contribution is 2.30. The molecule has 0 aromatic heterocycles. The predicted molar refractivity (Wildman–Crippen MR) is 105 cm³/mol. The van der Waals surface area contributed by atoms with Crippen molar-refractivity contribution in [3.63, 3.8) is 0 Å². The molecule has 0 heterocycles. The largest absolute Gasteiger partial charge is 0.482 e. The van der Waals surface area contributed by atoms with Crippen LogP contribution in [-0.2, 0) is 19.7 Å². The van der Waals surface area contributed by atoms with E-state index in [1.165, 1.54) is 0 Å². The Labute approximate surface area is 164 Å². The van der Waals surface area contributed by atoms with Crippen LogP contribution in [0, 0.1) is 0 Å². The van der Waals surface area contributed by atoms with Gasteiger partial charge in [0.1, 0.15) is 5.75 Å². The van der Waals surface area contributed by atoms with Crippen LogP contribution in [0.2, 0.25) is 0 Å². The molecule has 2 aromatic rings. The van der Waals surface area contributed by atoms with Crippen molar-refractivity contribution in [2.75, 3.05) is 18.5 Å². The maximum atomic E-state index is 11.8. The van der Waals surface area contributed by atoms with E-state index in [4.69, 9.17) is 9.47 Å². The van der Waals surface area contributed by atoms with Crippen LogP contribution in [0.5, 0.6) is 5.75 Å². The van der Waals surface area contributed by atoms with Gasteiger partial charge in [-0.25, -0.2) is 9.59 Å². The molecule has 0 unspecified atom stereocenters. The average molecular weight is 384 g/mol. The predicted octanol–water partition coefficient (Wildman–Crippen LogP) is 3.25. The standard InChI is InChI=1S/C21H24N2O5/c1-21(2,3)16-11-7-8-12-17(16)27-14-19(25)28-13-18(24)23-20(26)22-15-9-5-4-6-10-15/h4-12H,13-14H2,1-3H3,(H2,22,23,24,26). The fourth-order valence-electron chi connectivity index (χ4n) is 2.38. The summed E-state index contributed by atoms with van der Waals surface area (Å²) in [5.74, 6) is -0.863. The zero-order chi connectivity index (χ0) is 20.6. The molecule has 2 rings (SSSR count). The van der Waals surface area contributed by atoms with Gasteiger partial charge in [-0.05, 0) is 29.2 Å². The number of hydrogen-bond donors (Lipinski definition) is 2. The summed E-state index contributed by atoms with van der Waals surface area (Å²) in [6.45, 7) is 5.21. The van der Waals surface area contributed by atoms with Gasteiger partial charge in [0, 0.05) is 5.69 Å². The van der Waals surface area contributed by atoms with Crippen molar-refractivity contribution < 1.29 is 23.9 Å². The lowest BCUT2D eigenvalue weighted by molar-refractivity contribution is -0.150. The second-order valence-electron chi connectivity index (χ2n) is 7.06. The lowest BCUT2D eigenvalue weighted by atomic mass is 9.86. The molecule has 0 aliphatic carbocycles. The van der Waals surface area contributed by atoms with Crippen molar-refractivity contribution in [2.24, 2.45) is 0 Å². The second-order valence-corrected chi connectivity index (χ2v) is 7.06. The van der Waals surface area contributed by atoms with Crippen molar-refractivity contribution in [1.29, 1.82) is 0 Å². The van der Waals surface area contributed by atoms with Gasteiger partial charge in [0.2, 0.25) is 0 Å². The summed E-state index contributed by atoms with van der Waals surface area (Å²) in [5.41, 5.74) is 1.35. The van der Waals surface area contributed by atoms with Crippen LogP contribution in [0.3, 0.4) is 0 Å². The fraction of sp³-hybridized carbons (Fsp3) is 0.286. The van der Waals surface area contributed by atoms with Crippen molar-refractivity contribution in [1.82, 2.24) is 5.32 Å². The smallest absolute Gasteiger partial charge is 0.344 e. The Hall–Kier alpha value is -3.35. The van der Waals surface area contributed by atoms with Gasteiger partial charge in [-0.1, -0.05) is 57.2 Å². The number of nitrogens with one attached hydrogen (secondary N) is 2. The van der Waals surface area contributed by atoms with Crippen molar-refractivity contribution in [2.45, 2.75) is 26.2 Å². The van der Waals surface area contributed by atoms with Crippen LogP contribution in [0.4, 0.5) is 10.5 Å². The first kappa shape index (κ1) is 21.0. The highest BCUT2D eigenvalue weighted by atomic mass is 16.6. The molecule has 7 nitrogen and oxygen atoms in total. The molecule has 0 fully saturated rings. The number of amides is 3. The van der Waals surface area contributed by atoms with Gasteiger partial charge in [-0.3, -0.25) is 10.1 Å². The minimum atomic E-state index is -0.739. The summed E-state index contributed by atoms with van der Waals surface area (Å²) in [6.07, 6.45) is 0. The molecule has 0 bridgehead atoms. The van der Waals surface area contributed by atoms with E-state index in [-0.39, 0.29) is 12.0 Å². The highest BCUT2D eigenvalue weighted by molar-refractivity contribution is 6.01. The molecule has 7 heteroatoms. The van der Waals surface area contributed by atoms with E-state index in [0.29, 0.717) is 11.4 Å². The highest BCUT2D eigenvalue weighted by Gasteiger charge is 2.19. The number of carbonyl (C=O) groups is 3. The Balaban J connectivity index is 1.75. The van der Waals surface area contributed by atoms with Crippen LogP contribution in [0.1, 0.15) is 26.3 Å². The molecule has 0 saturated carbocycles. The molecule has 28 heavy (non-hydrogen) atoms. The van der Waals surface area contributed by atoms with Gasteiger partial charge in [0.05, 0.1) is 0 Å². The van der Waals surface area contributed by atoms with Gasteiger partial charge in [0.25, 0.3) is 5.91 Å². The zero-order valence-corrected chi connectivity index (χ0v) is 16.2. The minimum Gasteiger partial charge on any atom is -0.482 e. The summed E-state index contributed by atoms with van der Waals surface area (Å²) in [6, 6.07) is 15.4. The first-order valence-electron chi connectivity index (χ1n) is 8.79. The molecule has 0 saturated heterocycles. The van der Waals surface area contributed by atoms with Crippen molar-refractivity contribution >= 4 is 23.6 Å². The second kappa shape index (κ2) is 9.55. The number of rotatable bonds is 6. The molecular formula is C21H24N2O5. The maximum absolute atomic E-state index is 11.8. The number of urea groups is 1. The van der Waals surface area contributed by atoms with Crippen LogP contribution in [0.25, 0.3) is 0 Å². The molecule has 0 spiro atoms. The maximum Gasteiger partial charge on any atom is 0.344 e. The molecule has 0 aliphatic heterocycles. The van der Waals surface area contributed by atoms with Gasteiger partial charge >= 0.3 is 12.0 Å². The Morgan fingerprint density at radius 3 is 2.21 bits per heavy atom. The summed E-state index contributed by atoms with van der Waals surface area (Å²) in [5, 5.41) is 4.57. The first-order chi connectivity index (χ1) is 13.3. The average Bonchev–Trinajstić information content (AvgIpc) is 2.65. The number of carbonyl (C=O) groups excluding carboxylic acids is 3. The lowest BCUT2D eigenvalue weighted by Crippen LogP contribution is -2.37. The minimum absolute atomic E-state index is 0.146. The van der Waals surface area contributed by atoms with E-state index in [1.807, 2.05) is 39.0 Å². The van der Waals surface area contributed by atoms with E-state index < -0.39 is 24.5 Å². The van der Waals surface area contributed by atoms with E-state index in [2.05, 4.69) is 10.6 Å². The Kier molecular flexibility index (Phi) is 7.14. The molecule has 0 atom stereocenters. The third kappa shape index (κ3) is 6.75. The molecule has 0 aliphatic rings. The normalized spacial score (nSPS) is 10.7. The number of imide groups is 1. The Morgan fingerprint density at radius 1 is 0.893 bits per heavy atom. The monoisotopic (exact) mass is 384 g/mol. The summed E-state index contributed by atoms with van der Waals surface area (Å²) in [7, 11) is 0. The third-order valence-corrected chi connectivity index (χ3v) is 3.69. The number of para-hydroxylation sites is 2. The SMILES string of the molecule is CC(C)(C)c1ccccc1OCC(=O)OCC(=O)NC(=O)Nc1ccccc1. The lowest BCUT2D eigenvalue weighted by Gasteiger charge is -2.22. The first-order valence-corrected chi connectivity index (χ1v) is 8.79. The third-order valence-electron chi connectivity index (χ3n) is 3.69. The molecule has 2 N–H and O–H groups in total. The van der Waals surface area contributed by atoms with Gasteiger partial charge in [-0.2, -0.15) is 0 Å². The van der Waals surface area contributed by atoms with Crippen LogP contribution in [0.15, 0.2) is 54.6 Å². The van der Waals surface area contributed by atoms with Crippen LogP contribution < -0.4 is 15.4 Å². The summed E-state index contributed by atoms with van der Waals surface area (Å²) >= 11 is 0. The van der Waals surface area contributed by atoms with Crippen LogP contribution >= 0.6 is 0 Å². The number of esters is 1. The summed E-state index contributed by atoms with van der Waals surface area (Å²) < 4.78 is 10.4. The fourth-order valence-corrected chi connectivity index (χ4v) is 2.38. The van der Waals surface area contributed by atoms with E-state index in [9.17, 15) is 14.4 Å². The van der Waals surface area contributed by atoms with Gasteiger partial charge < -0.3 is 14.8 Å². The van der Waals surface area contributed by atoms with E-state index in [0.717, 1.165) is 5.56 Å². The molecule has 148 valence electrons. The Morgan fingerprint density at radius 2 is 1.54 bits per heavy atom. The number of ether oxygens (including phenoxy) is 2. The molecule has 2 aromatic carbocycles. The van der Waals surface area contributed by atoms with Gasteiger partial charge in [0.15, 0.2) is 13.2 Å². The van der Waals surface area contributed by atoms with Crippen molar-refractivity contribution in [3.8, 4) is 5.75 Å². The van der Waals surface area contributed by atoms with Crippen molar-refractivity contribution in [3.05, 3.63) is 60.2 Å². The number of benzene rings is 2. The topological polar surface area (TPSA) is 93.7 Å². The van der Waals surface area contributed by atoms with E-state index in [1.54, 1.807) is 36.4 Å². The number of anilines is 1.